The van der Waals surface area contributed by atoms with Gasteiger partial charge >= 0.3 is 0 Å². The Balaban J connectivity index is 1.58. The molecule has 4 aromatic rings. The second kappa shape index (κ2) is 12.3. The van der Waals surface area contributed by atoms with Crippen molar-refractivity contribution in [3.05, 3.63) is 127 Å². The van der Waals surface area contributed by atoms with Crippen molar-refractivity contribution in [2.45, 2.75) is 70.1 Å². The maximum absolute atomic E-state index is 4.10. The van der Waals surface area contributed by atoms with Crippen molar-refractivity contribution in [1.82, 2.24) is 4.57 Å². The molecule has 2 saturated carbocycles. The number of hydrogen-bond acceptors (Lipinski definition) is 0. The smallest absolute Gasteiger partial charge is 0.232 e. The molecule has 2 fully saturated rings. The van der Waals surface area contributed by atoms with Crippen molar-refractivity contribution in [2.24, 2.45) is 7.05 Å². The van der Waals surface area contributed by atoms with Crippen LogP contribution in [0.5, 0.6) is 0 Å². The minimum absolute atomic E-state index is 0.608. The molecular formula is C39H43N2+. The van der Waals surface area contributed by atoms with E-state index in [2.05, 4.69) is 120 Å². The molecule has 3 aromatic carbocycles. The van der Waals surface area contributed by atoms with Gasteiger partial charge in [-0.25, -0.2) is 4.57 Å². The summed E-state index contributed by atoms with van der Waals surface area (Å²) < 4.78 is 4.82. The number of rotatable bonds is 8. The first-order chi connectivity index (χ1) is 20.2. The average molecular weight is 540 g/mol. The molecule has 0 atom stereocenters. The number of nitrogens with zero attached hydrogens (tertiary/aromatic N) is 2. The lowest BCUT2D eigenvalue weighted by atomic mass is 9.84. The van der Waals surface area contributed by atoms with Crippen molar-refractivity contribution in [2.75, 3.05) is 0 Å². The summed E-state index contributed by atoms with van der Waals surface area (Å²) in [5, 5.41) is 0. The zero-order chi connectivity index (χ0) is 28.2. The van der Waals surface area contributed by atoms with E-state index in [4.69, 9.17) is 0 Å². The van der Waals surface area contributed by atoms with Gasteiger partial charge in [0, 0.05) is 11.1 Å². The maximum Gasteiger partial charge on any atom is 0.293 e. The summed E-state index contributed by atoms with van der Waals surface area (Å²) in [4.78, 5) is 0. The average Bonchev–Trinajstić information content (AvgIpc) is 3.81. The third-order valence-corrected chi connectivity index (χ3v) is 9.25. The number of allylic oxidation sites excluding steroid dienone is 5. The molecule has 2 nitrogen and oxygen atoms in total. The van der Waals surface area contributed by atoms with E-state index in [9.17, 15) is 0 Å². The SMILES string of the molecule is C=C/C(=C\C=C/C)c1cccc(-c2n(-c3c(C4CCCC4)cc(-c4ccccc4)cc3C3CCCC3)cc[n+]2C)c1. The van der Waals surface area contributed by atoms with Gasteiger partial charge < -0.3 is 0 Å². The van der Waals surface area contributed by atoms with E-state index >= 15 is 0 Å². The van der Waals surface area contributed by atoms with E-state index < -0.39 is 0 Å². The highest BCUT2D eigenvalue weighted by Crippen LogP contribution is 2.46. The number of aromatic nitrogens is 2. The minimum atomic E-state index is 0.608. The number of hydrogen-bond donors (Lipinski definition) is 0. The molecule has 0 bridgehead atoms. The van der Waals surface area contributed by atoms with E-state index in [1.54, 1.807) is 11.1 Å². The molecule has 0 N–H and O–H groups in total. The summed E-state index contributed by atoms with van der Waals surface area (Å²) in [6.45, 7) is 6.15. The van der Waals surface area contributed by atoms with E-state index in [0.29, 0.717) is 11.8 Å². The van der Waals surface area contributed by atoms with Crippen LogP contribution in [-0.4, -0.2) is 4.57 Å². The Labute approximate surface area is 246 Å². The van der Waals surface area contributed by atoms with E-state index in [1.807, 2.05) is 13.0 Å². The molecule has 0 unspecified atom stereocenters. The van der Waals surface area contributed by atoms with Gasteiger partial charge in [0.15, 0.2) is 0 Å². The fourth-order valence-corrected chi connectivity index (χ4v) is 7.17. The van der Waals surface area contributed by atoms with E-state index in [-0.39, 0.29) is 0 Å². The molecule has 1 aromatic heterocycles. The second-order valence-electron chi connectivity index (χ2n) is 11.9. The summed E-state index contributed by atoms with van der Waals surface area (Å²) in [7, 11) is 2.19. The van der Waals surface area contributed by atoms with E-state index in [1.165, 1.54) is 85.1 Å². The Bertz CT molecular complexity index is 1530. The zero-order valence-electron chi connectivity index (χ0n) is 24.7. The predicted octanol–water partition coefficient (Wildman–Crippen LogP) is 10.1. The lowest BCUT2D eigenvalue weighted by Gasteiger charge is -2.23. The lowest BCUT2D eigenvalue weighted by molar-refractivity contribution is -0.659. The van der Waals surface area contributed by atoms with Crippen molar-refractivity contribution in [3.8, 4) is 28.2 Å². The van der Waals surface area contributed by atoms with Crippen LogP contribution < -0.4 is 4.57 Å². The Morgan fingerprint density at radius 3 is 2.05 bits per heavy atom. The van der Waals surface area contributed by atoms with Crippen LogP contribution in [0, 0.1) is 0 Å². The fraction of sp³-hybridized carbons (Fsp3) is 0.308. The van der Waals surface area contributed by atoms with Crippen LogP contribution in [-0.2, 0) is 7.05 Å². The van der Waals surface area contributed by atoms with Crippen molar-refractivity contribution in [1.29, 1.82) is 0 Å². The van der Waals surface area contributed by atoms with Crippen molar-refractivity contribution >= 4 is 5.57 Å². The van der Waals surface area contributed by atoms with Gasteiger partial charge in [0.2, 0.25) is 0 Å². The number of imidazole rings is 1. The van der Waals surface area contributed by atoms with Crippen LogP contribution in [0.2, 0.25) is 0 Å². The Morgan fingerprint density at radius 2 is 1.44 bits per heavy atom. The molecule has 0 spiro atoms. The van der Waals surface area contributed by atoms with Gasteiger partial charge in [-0.1, -0.05) is 99.0 Å². The van der Waals surface area contributed by atoms with Crippen LogP contribution in [0.1, 0.15) is 86.8 Å². The van der Waals surface area contributed by atoms with Crippen LogP contribution in [0.3, 0.4) is 0 Å². The van der Waals surface area contributed by atoms with Gasteiger partial charge in [0.05, 0.1) is 12.6 Å². The normalized spacial score (nSPS) is 16.7. The van der Waals surface area contributed by atoms with E-state index in [0.717, 1.165) is 5.57 Å². The summed E-state index contributed by atoms with van der Waals surface area (Å²) >= 11 is 0. The van der Waals surface area contributed by atoms with Gasteiger partial charge in [0.25, 0.3) is 5.82 Å². The van der Waals surface area contributed by atoms with Gasteiger partial charge in [-0.05, 0) is 91.0 Å². The Kier molecular flexibility index (Phi) is 8.19. The monoisotopic (exact) mass is 539 g/mol. The summed E-state index contributed by atoms with van der Waals surface area (Å²) in [6, 6.07) is 25.1. The molecule has 41 heavy (non-hydrogen) atoms. The molecule has 0 saturated heterocycles. The number of aryl methyl sites for hydroxylation is 1. The Morgan fingerprint density at radius 1 is 0.805 bits per heavy atom. The van der Waals surface area contributed by atoms with Crippen LogP contribution in [0.4, 0.5) is 0 Å². The molecule has 2 aliphatic carbocycles. The van der Waals surface area contributed by atoms with Crippen LogP contribution in [0.25, 0.3) is 33.8 Å². The quantitative estimate of drug-likeness (QED) is 0.156. The van der Waals surface area contributed by atoms with Gasteiger partial charge in [-0.2, -0.15) is 4.57 Å². The molecular weight excluding hydrogens is 496 g/mol. The standard InChI is InChI=1S/C39H43N2/c1-4-6-15-29(5-2)33-22-14-23-34(26-33)39-40(3)24-25-41(39)38-36(31-18-10-11-19-31)27-35(30-16-8-7-9-17-30)28-37(38)32-20-12-13-21-32/h4-9,14-17,22-28,31-32H,2,10-13,18-21H2,1,3H3/q+1/b6-4-,29-15+. The summed E-state index contributed by atoms with van der Waals surface area (Å²) in [6.07, 6.45) is 23.2. The molecule has 0 radical (unpaired) electrons. The highest BCUT2D eigenvalue weighted by molar-refractivity contribution is 5.78. The van der Waals surface area contributed by atoms with Crippen molar-refractivity contribution in [3.63, 3.8) is 0 Å². The Hall–Kier alpha value is -3.91. The molecule has 6 rings (SSSR count). The largest absolute Gasteiger partial charge is 0.293 e. The number of benzene rings is 3. The molecule has 208 valence electrons. The van der Waals surface area contributed by atoms with Gasteiger partial charge in [0.1, 0.15) is 18.1 Å². The fourth-order valence-electron chi connectivity index (χ4n) is 7.17. The predicted molar refractivity (Wildman–Crippen MR) is 173 cm³/mol. The molecule has 0 amide bonds. The lowest BCUT2D eigenvalue weighted by Crippen LogP contribution is -2.29. The topological polar surface area (TPSA) is 8.81 Å². The third kappa shape index (κ3) is 5.53. The van der Waals surface area contributed by atoms with Crippen LogP contribution >= 0.6 is 0 Å². The highest BCUT2D eigenvalue weighted by Gasteiger charge is 2.32. The third-order valence-electron chi connectivity index (χ3n) is 9.25. The summed E-state index contributed by atoms with van der Waals surface area (Å²) in [5.74, 6) is 2.45. The first-order valence-electron chi connectivity index (χ1n) is 15.5. The summed E-state index contributed by atoms with van der Waals surface area (Å²) in [5.41, 5.74) is 10.8. The first kappa shape index (κ1) is 27.3. The van der Waals surface area contributed by atoms with Gasteiger partial charge in [-0.15, -0.1) is 0 Å². The second-order valence-corrected chi connectivity index (χ2v) is 11.9. The maximum atomic E-state index is 4.10. The minimum Gasteiger partial charge on any atom is -0.232 e. The highest BCUT2D eigenvalue weighted by atomic mass is 15.1. The molecule has 0 aliphatic heterocycles. The zero-order valence-corrected chi connectivity index (χ0v) is 24.7. The molecule has 1 heterocycles. The first-order valence-corrected chi connectivity index (χ1v) is 15.5. The van der Waals surface area contributed by atoms with Crippen LogP contribution in [0.15, 0.2) is 110 Å². The van der Waals surface area contributed by atoms with Gasteiger partial charge in [-0.3, -0.25) is 0 Å². The van der Waals surface area contributed by atoms with Crippen molar-refractivity contribution < 1.29 is 4.57 Å². The molecule has 2 heteroatoms. The molecule has 2 aliphatic rings.